The first-order valence-corrected chi connectivity index (χ1v) is 7.66. The maximum absolute atomic E-state index is 13.5. The van der Waals surface area contributed by atoms with Crippen molar-refractivity contribution in [2.24, 2.45) is 0 Å². The van der Waals surface area contributed by atoms with Crippen LogP contribution >= 0.6 is 0 Å². The van der Waals surface area contributed by atoms with Gasteiger partial charge in [-0.25, -0.2) is 23.5 Å². The quantitative estimate of drug-likeness (QED) is 0.906. The van der Waals surface area contributed by atoms with Crippen molar-refractivity contribution in [2.45, 2.75) is 18.9 Å². The Balaban J connectivity index is 1.50. The lowest BCUT2D eigenvalue weighted by atomic mass is 10.1. The zero-order valence-electron chi connectivity index (χ0n) is 12.9. The van der Waals surface area contributed by atoms with Crippen molar-refractivity contribution < 1.29 is 13.6 Å². The molecule has 6 nitrogen and oxygen atoms in total. The highest BCUT2D eigenvalue weighted by Crippen LogP contribution is 2.17. The Morgan fingerprint density at radius 3 is 2.54 bits per heavy atom. The summed E-state index contributed by atoms with van der Waals surface area (Å²) >= 11 is 0. The Labute approximate surface area is 137 Å². The number of aromatic nitrogens is 2. The predicted molar refractivity (Wildman–Crippen MR) is 85.8 cm³/mol. The Bertz CT molecular complexity index is 705. The zero-order chi connectivity index (χ0) is 16.9. The van der Waals surface area contributed by atoms with Gasteiger partial charge < -0.3 is 15.5 Å². The number of anilines is 2. The molecule has 126 valence electrons. The summed E-state index contributed by atoms with van der Waals surface area (Å²) in [7, 11) is 0. The number of piperidine rings is 1. The number of nitrogens with zero attached hydrogens (tertiary/aromatic N) is 3. The number of rotatable bonds is 3. The molecule has 2 N–H and O–H groups in total. The third-order valence-electron chi connectivity index (χ3n) is 3.84. The first-order valence-electron chi connectivity index (χ1n) is 7.66. The van der Waals surface area contributed by atoms with Gasteiger partial charge >= 0.3 is 6.03 Å². The Kier molecular flexibility index (Phi) is 4.83. The van der Waals surface area contributed by atoms with Crippen LogP contribution in [0.3, 0.4) is 0 Å². The van der Waals surface area contributed by atoms with Gasteiger partial charge in [-0.3, -0.25) is 0 Å². The second-order valence-corrected chi connectivity index (χ2v) is 5.53. The molecule has 1 saturated heterocycles. The highest BCUT2D eigenvalue weighted by atomic mass is 19.1. The molecule has 8 heteroatoms. The van der Waals surface area contributed by atoms with Crippen LogP contribution < -0.4 is 15.5 Å². The van der Waals surface area contributed by atoms with Gasteiger partial charge in [0.1, 0.15) is 11.6 Å². The van der Waals surface area contributed by atoms with E-state index in [1.165, 1.54) is 6.07 Å². The van der Waals surface area contributed by atoms with Crippen molar-refractivity contribution in [1.82, 2.24) is 15.3 Å². The predicted octanol–water partition coefficient (Wildman–Crippen LogP) is 2.55. The lowest BCUT2D eigenvalue weighted by molar-refractivity contribution is 0.246. The van der Waals surface area contributed by atoms with E-state index in [0.717, 1.165) is 38.1 Å². The summed E-state index contributed by atoms with van der Waals surface area (Å²) in [6.07, 6.45) is 4.85. The normalized spacial score (nSPS) is 15.2. The summed E-state index contributed by atoms with van der Waals surface area (Å²) in [6.45, 7) is 1.44. The molecule has 2 aromatic rings. The Morgan fingerprint density at radius 1 is 1.17 bits per heavy atom. The summed E-state index contributed by atoms with van der Waals surface area (Å²) in [5, 5.41) is 5.20. The van der Waals surface area contributed by atoms with E-state index in [0.29, 0.717) is 5.95 Å². The summed E-state index contributed by atoms with van der Waals surface area (Å²) < 4.78 is 26.4. The average Bonchev–Trinajstić information content (AvgIpc) is 2.59. The molecule has 3 rings (SSSR count). The summed E-state index contributed by atoms with van der Waals surface area (Å²) in [5.74, 6) is -0.816. The van der Waals surface area contributed by atoms with E-state index in [2.05, 4.69) is 25.5 Å². The number of halogens is 2. The van der Waals surface area contributed by atoms with Crippen molar-refractivity contribution in [3.8, 4) is 0 Å². The van der Waals surface area contributed by atoms with Crippen molar-refractivity contribution in [3.63, 3.8) is 0 Å². The highest BCUT2D eigenvalue weighted by molar-refractivity contribution is 5.89. The van der Waals surface area contributed by atoms with Crippen LogP contribution in [0.5, 0.6) is 0 Å². The molecule has 0 bridgehead atoms. The number of benzene rings is 1. The first kappa shape index (κ1) is 16.1. The van der Waals surface area contributed by atoms with Gasteiger partial charge in [-0.15, -0.1) is 0 Å². The molecule has 2 amide bonds. The molecule has 0 aliphatic carbocycles. The molecule has 1 aromatic heterocycles. The van der Waals surface area contributed by atoms with E-state index in [9.17, 15) is 13.6 Å². The lowest BCUT2D eigenvalue weighted by Crippen LogP contribution is -2.46. The van der Waals surface area contributed by atoms with Crippen molar-refractivity contribution >= 4 is 17.7 Å². The number of amides is 2. The molecule has 1 aliphatic rings. The van der Waals surface area contributed by atoms with Crippen molar-refractivity contribution in [1.29, 1.82) is 0 Å². The van der Waals surface area contributed by atoms with Gasteiger partial charge in [0.15, 0.2) is 0 Å². The molecule has 24 heavy (non-hydrogen) atoms. The fourth-order valence-corrected chi connectivity index (χ4v) is 2.61. The maximum atomic E-state index is 13.5. The molecule has 2 heterocycles. The minimum Gasteiger partial charge on any atom is -0.341 e. The average molecular weight is 333 g/mol. The van der Waals surface area contributed by atoms with Crippen LogP contribution in [0.4, 0.5) is 25.2 Å². The summed E-state index contributed by atoms with van der Waals surface area (Å²) in [4.78, 5) is 22.4. The van der Waals surface area contributed by atoms with Crippen LogP contribution in [-0.2, 0) is 0 Å². The van der Waals surface area contributed by atoms with Gasteiger partial charge in [0.05, 0.1) is 5.69 Å². The molecular formula is C16H17F2N5O. The number of carbonyl (C=O) groups excluding carboxylic acids is 1. The van der Waals surface area contributed by atoms with Gasteiger partial charge in [0.25, 0.3) is 0 Å². The van der Waals surface area contributed by atoms with E-state index in [4.69, 9.17) is 0 Å². The summed E-state index contributed by atoms with van der Waals surface area (Å²) in [6, 6.07) is 4.25. The van der Waals surface area contributed by atoms with E-state index in [1.807, 2.05) is 0 Å². The minimum absolute atomic E-state index is 0.0199. The molecule has 0 spiro atoms. The lowest BCUT2D eigenvalue weighted by Gasteiger charge is -2.32. The minimum atomic E-state index is -0.804. The van der Waals surface area contributed by atoms with Crippen LogP contribution in [0.1, 0.15) is 12.8 Å². The number of urea groups is 1. The smallest absolute Gasteiger partial charge is 0.319 e. The molecule has 1 fully saturated rings. The van der Waals surface area contributed by atoms with E-state index < -0.39 is 17.7 Å². The Morgan fingerprint density at radius 2 is 1.88 bits per heavy atom. The van der Waals surface area contributed by atoms with E-state index >= 15 is 0 Å². The first-order chi connectivity index (χ1) is 11.6. The number of carbonyl (C=O) groups is 1. The van der Waals surface area contributed by atoms with Gasteiger partial charge in [0.2, 0.25) is 5.95 Å². The number of hydrogen-bond donors (Lipinski definition) is 2. The third-order valence-corrected chi connectivity index (χ3v) is 3.84. The SMILES string of the molecule is O=C(Nc1ccc(F)cc1F)NC1CCN(c2ncccn2)CC1. The largest absolute Gasteiger partial charge is 0.341 e. The van der Waals surface area contributed by atoms with Gasteiger partial charge in [0, 0.05) is 37.6 Å². The zero-order valence-corrected chi connectivity index (χ0v) is 12.9. The number of hydrogen-bond acceptors (Lipinski definition) is 4. The molecule has 0 unspecified atom stereocenters. The highest BCUT2D eigenvalue weighted by Gasteiger charge is 2.22. The second kappa shape index (κ2) is 7.20. The monoisotopic (exact) mass is 333 g/mol. The van der Waals surface area contributed by atoms with Crippen LogP contribution in [0, 0.1) is 11.6 Å². The van der Waals surface area contributed by atoms with Crippen LogP contribution in [0.25, 0.3) is 0 Å². The fourth-order valence-electron chi connectivity index (χ4n) is 2.61. The molecule has 1 aliphatic heterocycles. The van der Waals surface area contributed by atoms with Crippen LogP contribution in [0.15, 0.2) is 36.7 Å². The van der Waals surface area contributed by atoms with E-state index in [1.54, 1.807) is 18.5 Å². The second-order valence-electron chi connectivity index (χ2n) is 5.53. The third kappa shape index (κ3) is 3.95. The number of nitrogens with one attached hydrogen (secondary N) is 2. The fraction of sp³-hybridized carbons (Fsp3) is 0.312. The standard InChI is InChI=1S/C16H17F2N5O/c17-11-2-3-14(13(18)10-11)22-16(24)21-12-4-8-23(9-5-12)15-19-6-1-7-20-15/h1-3,6-7,10,12H,4-5,8-9H2,(H2,21,22,24). The van der Waals surface area contributed by atoms with Crippen LogP contribution in [-0.4, -0.2) is 35.1 Å². The van der Waals surface area contributed by atoms with Gasteiger partial charge in [-0.05, 0) is 31.0 Å². The van der Waals surface area contributed by atoms with Gasteiger partial charge in [-0.1, -0.05) is 0 Å². The van der Waals surface area contributed by atoms with Crippen molar-refractivity contribution in [2.75, 3.05) is 23.3 Å². The van der Waals surface area contributed by atoms with Crippen LogP contribution in [0.2, 0.25) is 0 Å². The molecule has 0 saturated carbocycles. The summed E-state index contributed by atoms with van der Waals surface area (Å²) in [5.41, 5.74) is -0.0518. The molecule has 0 radical (unpaired) electrons. The topological polar surface area (TPSA) is 70.2 Å². The van der Waals surface area contributed by atoms with Crippen molar-refractivity contribution in [3.05, 3.63) is 48.3 Å². The van der Waals surface area contributed by atoms with Gasteiger partial charge in [-0.2, -0.15) is 0 Å². The Hall–Kier alpha value is -2.77. The molecule has 0 atom stereocenters. The molecular weight excluding hydrogens is 316 g/mol. The van der Waals surface area contributed by atoms with E-state index in [-0.39, 0.29) is 11.7 Å². The molecule has 1 aromatic carbocycles. The maximum Gasteiger partial charge on any atom is 0.319 e.